The van der Waals surface area contributed by atoms with Gasteiger partial charge in [0.15, 0.2) is 0 Å². The van der Waals surface area contributed by atoms with Crippen LogP contribution in [0.1, 0.15) is 20.3 Å². The molecule has 0 aliphatic heterocycles. The maximum Gasteiger partial charge on any atom is 0.0644 e. The van der Waals surface area contributed by atoms with E-state index in [-0.39, 0.29) is 12.1 Å². The van der Waals surface area contributed by atoms with Crippen molar-refractivity contribution < 1.29 is 9.84 Å². The third kappa shape index (κ3) is 4.73. The quantitative estimate of drug-likeness (QED) is 0.581. The van der Waals surface area contributed by atoms with E-state index in [1.807, 2.05) is 13.8 Å². The van der Waals surface area contributed by atoms with Gasteiger partial charge < -0.3 is 15.6 Å². The summed E-state index contributed by atoms with van der Waals surface area (Å²) in [4.78, 5) is 0. The number of hydrogen-bond donors (Lipinski definition) is 2. The van der Waals surface area contributed by atoms with Gasteiger partial charge in [0, 0.05) is 18.8 Å². The van der Waals surface area contributed by atoms with Gasteiger partial charge in [-0.25, -0.2) is 0 Å². The highest BCUT2D eigenvalue weighted by atomic mass is 16.5. The van der Waals surface area contributed by atoms with Crippen LogP contribution >= 0.6 is 0 Å². The maximum atomic E-state index is 8.57. The summed E-state index contributed by atoms with van der Waals surface area (Å²) in [6.45, 7) is 5.12. The van der Waals surface area contributed by atoms with Crippen LogP contribution in [0, 0.1) is 0 Å². The van der Waals surface area contributed by atoms with Gasteiger partial charge in [-0.2, -0.15) is 0 Å². The molecule has 0 fully saturated rings. The predicted octanol–water partition coefficient (Wildman–Crippen LogP) is 0.123. The number of nitrogens with two attached hydrogens (primary N) is 1. The first-order chi connectivity index (χ1) is 4.62. The third-order valence-corrected chi connectivity index (χ3v) is 1.32. The zero-order valence-electron chi connectivity index (χ0n) is 6.76. The monoisotopic (exact) mass is 147 g/mol. The molecule has 0 saturated heterocycles. The topological polar surface area (TPSA) is 55.5 Å². The molecule has 3 N–H and O–H groups in total. The minimum Gasteiger partial charge on any atom is -0.396 e. The van der Waals surface area contributed by atoms with Gasteiger partial charge in [0.05, 0.1) is 6.61 Å². The van der Waals surface area contributed by atoms with Crippen LogP contribution in [-0.2, 0) is 4.74 Å². The van der Waals surface area contributed by atoms with Crippen molar-refractivity contribution in [1.82, 2.24) is 0 Å². The number of rotatable bonds is 5. The van der Waals surface area contributed by atoms with E-state index < -0.39 is 0 Å². The number of aliphatic hydroxyl groups excluding tert-OH is 1. The fourth-order valence-corrected chi connectivity index (χ4v) is 0.663. The second kappa shape index (κ2) is 4.66. The average Bonchev–Trinajstić information content (AvgIpc) is 1.84. The van der Waals surface area contributed by atoms with Crippen LogP contribution in [0.25, 0.3) is 0 Å². The summed E-state index contributed by atoms with van der Waals surface area (Å²) in [5.41, 5.74) is 5.36. The summed E-state index contributed by atoms with van der Waals surface area (Å²) < 4.78 is 5.11. The van der Waals surface area contributed by atoms with E-state index in [0.29, 0.717) is 19.6 Å². The molecule has 62 valence electrons. The Hall–Kier alpha value is -0.120. The second-order valence-corrected chi connectivity index (χ2v) is 2.76. The van der Waals surface area contributed by atoms with E-state index in [0.717, 1.165) is 0 Å². The Morgan fingerprint density at radius 3 is 2.60 bits per heavy atom. The Labute approximate surface area is 62.2 Å². The smallest absolute Gasteiger partial charge is 0.0644 e. The molecule has 0 radical (unpaired) electrons. The predicted molar refractivity (Wildman–Crippen MR) is 40.8 cm³/mol. The molecule has 3 nitrogen and oxygen atoms in total. The highest BCUT2D eigenvalue weighted by molar-refractivity contribution is 4.76. The summed E-state index contributed by atoms with van der Waals surface area (Å²) >= 11 is 0. The first-order valence-corrected chi connectivity index (χ1v) is 3.60. The van der Waals surface area contributed by atoms with Gasteiger partial charge in [-0.15, -0.1) is 0 Å². The van der Waals surface area contributed by atoms with Crippen LogP contribution in [-0.4, -0.2) is 30.5 Å². The Balaban J connectivity index is 3.42. The lowest BCUT2D eigenvalue weighted by molar-refractivity contribution is 0.0881. The minimum absolute atomic E-state index is 0.125. The van der Waals surface area contributed by atoms with Crippen LogP contribution in [0.15, 0.2) is 0 Å². The fraction of sp³-hybridized carbons (Fsp3) is 1.00. The molecule has 3 heteroatoms. The van der Waals surface area contributed by atoms with Crippen LogP contribution < -0.4 is 5.73 Å². The molecule has 0 heterocycles. The number of aliphatic hydroxyl groups is 1. The SMILES string of the molecule is CCOCC(C)(N)CCO. The van der Waals surface area contributed by atoms with Crippen molar-refractivity contribution in [3.05, 3.63) is 0 Å². The van der Waals surface area contributed by atoms with Crippen molar-refractivity contribution in [3.63, 3.8) is 0 Å². The summed E-state index contributed by atoms with van der Waals surface area (Å²) in [5.74, 6) is 0. The summed E-state index contributed by atoms with van der Waals surface area (Å²) in [7, 11) is 0. The van der Waals surface area contributed by atoms with E-state index in [1.165, 1.54) is 0 Å². The molecular formula is C7H17NO2. The van der Waals surface area contributed by atoms with E-state index in [2.05, 4.69) is 0 Å². The zero-order valence-corrected chi connectivity index (χ0v) is 6.76. The first-order valence-electron chi connectivity index (χ1n) is 3.60. The molecule has 0 saturated carbocycles. The number of ether oxygens (including phenoxy) is 1. The van der Waals surface area contributed by atoms with Gasteiger partial charge in [0.2, 0.25) is 0 Å². The van der Waals surface area contributed by atoms with Gasteiger partial charge in [-0.1, -0.05) is 0 Å². The van der Waals surface area contributed by atoms with Crippen molar-refractivity contribution in [2.75, 3.05) is 19.8 Å². The lowest BCUT2D eigenvalue weighted by Crippen LogP contribution is -2.42. The standard InChI is InChI=1S/C7H17NO2/c1-3-10-6-7(2,8)4-5-9/h9H,3-6,8H2,1-2H3. The molecule has 0 spiro atoms. The zero-order chi connectivity index (χ0) is 8.04. The molecule has 10 heavy (non-hydrogen) atoms. The molecule has 0 bridgehead atoms. The van der Waals surface area contributed by atoms with Crippen molar-refractivity contribution in [1.29, 1.82) is 0 Å². The van der Waals surface area contributed by atoms with Crippen molar-refractivity contribution in [3.8, 4) is 0 Å². The molecule has 1 unspecified atom stereocenters. The number of hydrogen-bond acceptors (Lipinski definition) is 3. The molecule has 0 aliphatic rings. The molecule has 0 amide bonds. The summed E-state index contributed by atoms with van der Waals surface area (Å²) in [6.07, 6.45) is 0.590. The third-order valence-electron chi connectivity index (χ3n) is 1.32. The first kappa shape index (κ1) is 9.88. The van der Waals surface area contributed by atoms with E-state index in [9.17, 15) is 0 Å². The molecule has 0 aromatic rings. The molecule has 0 aliphatic carbocycles. The van der Waals surface area contributed by atoms with Gasteiger partial charge in [-0.05, 0) is 20.3 Å². The lowest BCUT2D eigenvalue weighted by Gasteiger charge is -2.22. The minimum atomic E-state index is -0.370. The van der Waals surface area contributed by atoms with Crippen LogP contribution in [0.5, 0.6) is 0 Å². The van der Waals surface area contributed by atoms with Crippen molar-refractivity contribution in [2.24, 2.45) is 5.73 Å². The summed E-state index contributed by atoms with van der Waals surface area (Å²) in [6, 6.07) is 0. The molecule has 0 rings (SSSR count). The Bertz CT molecular complexity index is 83.7. The Morgan fingerprint density at radius 2 is 2.20 bits per heavy atom. The highest BCUT2D eigenvalue weighted by Gasteiger charge is 2.16. The van der Waals surface area contributed by atoms with Gasteiger partial charge >= 0.3 is 0 Å². The molecule has 1 atom stereocenters. The van der Waals surface area contributed by atoms with E-state index in [4.69, 9.17) is 15.6 Å². The second-order valence-electron chi connectivity index (χ2n) is 2.76. The highest BCUT2D eigenvalue weighted by Crippen LogP contribution is 2.04. The molecular weight excluding hydrogens is 130 g/mol. The van der Waals surface area contributed by atoms with E-state index in [1.54, 1.807) is 0 Å². The van der Waals surface area contributed by atoms with Crippen LogP contribution in [0.4, 0.5) is 0 Å². The summed E-state index contributed by atoms with van der Waals surface area (Å²) in [5, 5.41) is 8.57. The maximum absolute atomic E-state index is 8.57. The van der Waals surface area contributed by atoms with Crippen molar-refractivity contribution >= 4 is 0 Å². The van der Waals surface area contributed by atoms with Crippen LogP contribution in [0.2, 0.25) is 0 Å². The fourth-order valence-electron chi connectivity index (χ4n) is 0.663. The van der Waals surface area contributed by atoms with Gasteiger partial charge in [0.25, 0.3) is 0 Å². The molecule has 0 aromatic heterocycles. The largest absolute Gasteiger partial charge is 0.396 e. The van der Waals surface area contributed by atoms with E-state index >= 15 is 0 Å². The lowest BCUT2D eigenvalue weighted by atomic mass is 10.0. The van der Waals surface area contributed by atoms with Gasteiger partial charge in [-0.3, -0.25) is 0 Å². The normalized spacial score (nSPS) is 16.8. The van der Waals surface area contributed by atoms with Crippen molar-refractivity contribution in [2.45, 2.75) is 25.8 Å². The Kier molecular flexibility index (Phi) is 4.60. The average molecular weight is 147 g/mol. The molecule has 0 aromatic carbocycles. The van der Waals surface area contributed by atoms with Gasteiger partial charge in [0.1, 0.15) is 0 Å². The van der Waals surface area contributed by atoms with Crippen LogP contribution in [0.3, 0.4) is 0 Å². The Morgan fingerprint density at radius 1 is 1.60 bits per heavy atom.